The molecule has 0 spiro atoms. The van der Waals surface area contributed by atoms with Crippen molar-refractivity contribution in [2.75, 3.05) is 5.32 Å². The van der Waals surface area contributed by atoms with Gasteiger partial charge in [0, 0.05) is 24.4 Å². The maximum atomic E-state index is 14.8. The predicted molar refractivity (Wildman–Crippen MR) is 123 cm³/mol. The lowest BCUT2D eigenvalue weighted by atomic mass is 9.99. The average molecular weight is 514 g/mol. The van der Waals surface area contributed by atoms with Gasteiger partial charge >= 0.3 is 6.18 Å². The van der Waals surface area contributed by atoms with E-state index < -0.39 is 46.6 Å². The molecule has 190 valence electrons. The molecule has 0 aliphatic carbocycles. The van der Waals surface area contributed by atoms with E-state index in [0.717, 1.165) is 12.3 Å². The first-order valence-corrected chi connectivity index (χ1v) is 10.6. The van der Waals surface area contributed by atoms with Gasteiger partial charge in [-0.3, -0.25) is 14.3 Å². The first-order chi connectivity index (χ1) is 17.5. The zero-order chi connectivity index (χ0) is 26.9. The molecular weight excluding hydrogens is 496 g/mol. The number of hydrogen-bond donors (Lipinski definition) is 3. The number of carbonyl (C=O) groups is 2. The minimum Gasteiger partial charge on any atom is -0.376 e. The molecule has 1 unspecified atom stereocenters. The van der Waals surface area contributed by atoms with E-state index in [-0.39, 0.29) is 29.0 Å². The van der Waals surface area contributed by atoms with Crippen molar-refractivity contribution in [2.24, 2.45) is 12.8 Å². The lowest BCUT2D eigenvalue weighted by Crippen LogP contribution is -2.23. The number of amides is 2. The number of aromatic nitrogens is 4. The molecule has 0 aliphatic rings. The lowest BCUT2D eigenvalue weighted by Gasteiger charge is -2.16. The van der Waals surface area contributed by atoms with Crippen LogP contribution in [0.15, 0.2) is 60.9 Å². The normalized spacial score (nSPS) is 12.3. The first-order valence-electron chi connectivity index (χ1n) is 10.6. The average Bonchev–Trinajstić information content (AvgIpc) is 3.29. The van der Waals surface area contributed by atoms with E-state index in [4.69, 9.17) is 5.73 Å². The standard InChI is InChI=1S/C24H18F4N6O3/c1-34-8-7-17(33-34)13-9-14(16(25)10-15(13)24(26,27)28)23(37)31-18-11-30-22(20(35)21(29)36)32-19(18)12-5-3-2-4-6-12/h2-11,20,35H,1H3,(H2,29,36)(H,31,37). The summed E-state index contributed by atoms with van der Waals surface area (Å²) in [5.74, 6) is -3.95. The van der Waals surface area contributed by atoms with Crippen molar-refractivity contribution in [1.82, 2.24) is 19.7 Å². The fourth-order valence-electron chi connectivity index (χ4n) is 3.50. The topological polar surface area (TPSA) is 136 Å². The van der Waals surface area contributed by atoms with Gasteiger partial charge in [0.1, 0.15) is 5.82 Å². The highest BCUT2D eigenvalue weighted by Gasteiger charge is 2.36. The van der Waals surface area contributed by atoms with Crippen molar-refractivity contribution < 1.29 is 32.3 Å². The van der Waals surface area contributed by atoms with Gasteiger partial charge in [-0.1, -0.05) is 30.3 Å². The highest BCUT2D eigenvalue weighted by atomic mass is 19.4. The third kappa shape index (κ3) is 5.30. The Morgan fingerprint density at radius 3 is 2.43 bits per heavy atom. The Bertz CT molecular complexity index is 1490. The molecule has 9 nitrogen and oxygen atoms in total. The molecule has 4 rings (SSSR count). The Balaban J connectivity index is 1.79. The van der Waals surface area contributed by atoms with Crippen LogP contribution >= 0.6 is 0 Å². The smallest absolute Gasteiger partial charge is 0.376 e. The number of rotatable bonds is 6. The molecule has 4 aromatic rings. The number of alkyl halides is 3. The molecule has 37 heavy (non-hydrogen) atoms. The van der Waals surface area contributed by atoms with Gasteiger partial charge in [0.25, 0.3) is 11.8 Å². The quantitative estimate of drug-likeness (QED) is 0.337. The van der Waals surface area contributed by atoms with E-state index >= 15 is 0 Å². The number of nitrogens with zero attached hydrogens (tertiary/aromatic N) is 4. The Labute approximate surface area is 206 Å². The van der Waals surface area contributed by atoms with Crippen LogP contribution in [0.4, 0.5) is 23.2 Å². The molecule has 0 bridgehead atoms. The summed E-state index contributed by atoms with van der Waals surface area (Å²) in [5, 5.41) is 16.3. The van der Waals surface area contributed by atoms with Crippen LogP contribution in [0, 0.1) is 5.82 Å². The molecule has 4 N–H and O–H groups in total. The van der Waals surface area contributed by atoms with Gasteiger partial charge < -0.3 is 16.2 Å². The second-order valence-electron chi connectivity index (χ2n) is 7.87. The molecule has 0 radical (unpaired) electrons. The molecule has 2 amide bonds. The summed E-state index contributed by atoms with van der Waals surface area (Å²) in [6, 6.07) is 10.5. The first kappa shape index (κ1) is 25.4. The Morgan fingerprint density at radius 2 is 1.84 bits per heavy atom. The fraction of sp³-hybridized carbons (Fsp3) is 0.125. The number of hydrogen-bond acceptors (Lipinski definition) is 6. The monoisotopic (exact) mass is 514 g/mol. The number of halogens is 4. The van der Waals surface area contributed by atoms with Gasteiger partial charge in [-0.05, 0) is 18.2 Å². The summed E-state index contributed by atoms with van der Waals surface area (Å²) in [4.78, 5) is 32.4. The number of nitrogens with one attached hydrogen (secondary N) is 1. The van der Waals surface area contributed by atoms with Crippen molar-refractivity contribution in [2.45, 2.75) is 12.3 Å². The molecule has 2 aromatic carbocycles. The molecule has 2 aromatic heterocycles. The van der Waals surface area contributed by atoms with Crippen LogP contribution in [0.5, 0.6) is 0 Å². The van der Waals surface area contributed by atoms with E-state index in [1.54, 1.807) is 30.3 Å². The second kappa shape index (κ2) is 9.78. The molecule has 0 saturated carbocycles. The predicted octanol–water partition coefficient (Wildman–Crippen LogP) is 3.47. The molecular formula is C24H18F4N6O3. The van der Waals surface area contributed by atoms with E-state index in [1.807, 2.05) is 0 Å². The van der Waals surface area contributed by atoms with Gasteiger partial charge in [0.15, 0.2) is 11.9 Å². The number of aliphatic hydroxyl groups is 1. The van der Waals surface area contributed by atoms with Crippen molar-refractivity contribution in [3.8, 4) is 22.5 Å². The number of aliphatic hydroxyl groups excluding tert-OH is 1. The highest BCUT2D eigenvalue weighted by molar-refractivity contribution is 6.06. The number of carbonyl (C=O) groups excluding carboxylic acids is 2. The van der Waals surface area contributed by atoms with Crippen molar-refractivity contribution in [3.63, 3.8) is 0 Å². The minimum absolute atomic E-state index is 0.0523. The third-order valence-electron chi connectivity index (χ3n) is 5.26. The van der Waals surface area contributed by atoms with Crippen LogP contribution in [0.2, 0.25) is 0 Å². The van der Waals surface area contributed by atoms with Gasteiger partial charge in [-0.2, -0.15) is 18.3 Å². The molecule has 0 aliphatic heterocycles. The maximum Gasteiger partial charge on any atom is 0.417 e. The fourth-order valence-corrected chi connectivity index (χ4v) is 3.50. The molecule has 0 fully saturated rings. The van der Waals surface area contributed by atoms with Crippen molar-refractivity contribution in [1.29, 1.82) is 0 Å². The number of benzene rings is 2. The minimum atomic E-state index is -4.91. The summed E-state index contributed by atoms with van der Waals surface area (Å²) in [6.07, 6.45) is -4.27. The number of aryl methyl sites for hydroxylation is 1. The molecule has 13 heteroatoms. The van der Waals surface area contributed by atoms with Crippen LogP contribution in [-0.2, 0) is 18.0 Å². The third-order valence-corrected chi connectivity index (χ3v) is 5.26. The van der Waals surface area contributed by atoms with Gasteiger partial charge in [-0.15, -0.1) is 0 Å². The molecule has 1 atom stereocenters. The maximum absolute atomic E-state index is 14.8. The number of anilines is 1. The van der Waals surface area contributed by atoms with Crippen molar-refractivity contribution in [3.05, 3.63) is 83.7 Å². The van der Waals surface area contributed by atoms with Gasteiger partial charge in [0.05, 0.1) is 34.4 Å². The molecule has 0 saturated heterocycles. The summed E-state index contributed by atoms with van der Waals surface area (Å²) in [5.41, 5.74) is 2.96. The zero-order valence-electron chi connectivity index (χ0n) is 19.0. The SMILES string of the molecule is Cn1ccc(-c2cc(C(=O)Nc3cnc(C(O)C(N)=O)nc3-c3ccccc3)c(F)cc2C(F)(F)F)n1. The largest absolute Gasteiger partial charge is 0.417 e. The van der Waals surface area contributed by atoms with Crippen LogP contribution in [0.25, 0.3) is 22.5 Å². The highest BCUT2D eigenvalue weighted by Crippen LogP contribution is 2.38. The van der Waals surface area contributed by atoms with Crippen LogP contribution in [0.1, 0.15) is 27.8 Å². The number of nitrogens with two attached hydrogens (primary N) is 1. The van der Waals surface area contributed by atoms with Crippen molar-refractivity contribution >= 4 is 17.5 Å². The van der Waals surface area contributed by atoms with Gasteiger partial charge in [0.2, 0.25) is 0 Å². The zero-order valence-corrected chi connectivity index (χ0v) is 19.0. The summed E-state index contributed by atoms with van der Waals surface area (Å²) in [7, 11) is 1.50. The summed E-state index contributed by atoms with van der Waals surface area (Å²) < 4.78 is 57.0. The van der Waals surface area contributed by atoms with E-state index in [2.05, 4.69) is 20.4 Å². The molecule has 2 heterocycles. The number of primary amides is 1. The van der Waals surface area contributed by atoms with Crippen LogP contribution in [-0.4, -0.2) is 36.7 Å². The Kier molecular flexibility index (Phi) is 6.72. The van der Waals surface area contributed by atoms with E-state index in [9.17, 15) is 32.3 Å². The van der Waals surface area contributed by atoms with E-state index in [1.165, 1.54) is 24.0 Å². The Morgan fingerprint density at radius 1 is 1.14 bits per heavy atom. The summed E-state index contributed by atoms with van der Waals surface area (Å²) >= 11 is 0. The second-order valence-corrected chi connectivity index (χ2v) is 7.87. The summed E-state index contributed by atoms with van der Waals surface area (Å²) in [6.45, 7) is 0. The van der Waals surface area contributed by atoms with E-state index in [0.29, 0.717) is 5.56 Å². The van der Waals surface area contributed by atoms with Crippen LogP contribution in [0.3, 0.4) is 0 Å². The van der Waals surface area contributed by atoms with Gasteiger partial charge in [-0.25, -0.2) is 14.4 Å². The Hall–Kier alpha value is -4.65. The lowest BCUT2D eigenvalue weighted by molar-refractivity contribution is -0.137. The van der Waals surface area contributed by atoms with Crippen LogP contribution < -0.4 is 11.1 Å².